The zero-order valence-electron chi connectivity index (χ0n) is 14.5. The van der Waals surface area contributed by atoms with E-state index >= 15 is 0 Å². The van der Waals surface area contributed by atoms with Crippen molar-refractivity contribution in [1.82, 2.24) is 5.43 Å². The van der Waals surface area contributed by atoms with Crippen LogP contribution >= 0.6 is 15.9 Å². The lowest BCUT2D eigenvalue weighted by molar-refractivity contribution is -0.119. The number of carbonyl (C=O) groups excluding carboxylic acids is 1. The number of nitrogens with one attached hydrogen (secondary N) is 1. The summed E-state index contributed by atoms with van der Waals surface area (Å²) in [6.45, 7) is -0.436. The second kappa shape index (κ2) is 8.85. The molecule has 3 rings (SSSR count). The number of anilines is 1. The third-order valence-electron chi connectivity index (χ3n) is 3.66. The van der Waals surface area contributed by atoms with Gasteiger partial charge in [-0.1, -0.05) is 34.1 Å². The number of amides is 1. The molecule has 144 valence electrons. The summed E-state index contributed by atoms with van der Waals surface area (Å²) >= 11 is 3.32. The normalized spacial score (nSPS) is 11.5. The van der Waals surface area contributed by atoms with Gasteiger partial charge in [0.15, 0.2) is 0 Å². The lowest BCUT2D eigenvalue weighted by Gasteiger charge is -2.23. The molecule has 1 aromatic heterocycles. The Balaban J connectivity index is 1.84. The maximum absolute atomic E-state index is 13.1. The highest BCUT2D eigenvalue weighted by atomic mass is 79.9. The monoisotopic (exact) mass is 461 g/mol. The predicted octanol–water partition coefficient (Wildman–Crippen LogP) is 3.39. The van der Waals surface area contributed by atoms with Gasteiger partial charge in [0.25, 0.3) is 15.9 Å². The quantitative estimate of drug-likeness (QED) is 0.431. The molecule has 0 spiro atoms. The summed E-state index contributed by atoms with van der Waals surface area (Å²) in [5, 5.41) is 3.78. The summed E-state index contributed by atoms with van der Waals surface area (Å²) in [7, 11) is -3.94. The summed E-state index contributed by atoms with van der Waals surface area (Å²) in [6, 6.07) is 17.9. The molecule has 28 heavy (non-hydrogen) atoms. The molecule has 0 radical (unpaired) electrons. The standard InChI is InChI=1S/C19H16BrN3O4S/c20-15-8-10-16(11-9-15)23(28(25,26)18-6-2-1-3-7-18)14-19(24)22-21-13-17-5-4-12-27-17/h1-13H,14H2,(H,22,24)/b21-13-. The summed E-state index contributed by atoms with van der Waals surface area (Å²) in [4.78, 5) is 12.4. The number of nitrogens with zero attached hydrogens (tertiary/aromatic N) is 2. The SMILES string of the molecule is O=C(CN(c1ccc(Br)cc1)S(=O)(=O)c1ccccc1)N/N=C\c1ccco1. The van der Waals surface area contributed by atoms with E-state index in [-0.39, 0.29) is 4.90 Å². The van der Waals surface area contributed by atoms with Crippen LogP contribution in [0.4, 0.5) is 5.69 Å². The fraction of sp³-hybridized carbons (Fsp3) is 0.0526. The summed E-state index contributed by atoms with van der Waals surface area (Å²) in [5.41, 5.74) is 2.67. The Hall–Kier alpha value is -2.91. The first-order chi connectivity index (χ1) is 13.5. The summed E-state index contributed by atoms with van der Waals surface area (Å²) < 4.78 is 33.1. The number of carbonyl (C=O) groups is 1. The van der Waals surface area contributed by atoms with E-state index in [1.54, 1.807) is 54.6 Å². The molecule has 7 nitrogen and oxygen atoms in total. The van der Waals surface area contributed by atoms with Gasteiger partial charge in [0.1, 0.15) is 12.3 Å². The van der Waals surface area contributed by atoms with Crippen LogP contribution in [0.15, 0.2) is 91.9 Å². The van der Waals surface area contributed by atoms with Crippen molar-refractivity contribution < 1.29 is 17.6 Å². The van der Waals surface area contributed by atoms with Gasteiger partial charge in [-0.15, -0.1) is 0 Å². The molecular formula is C19H16BrN3O4S. The van der Waals surface area contributed by atoms with Crippen LogP contribution in [-0.2, 0) is 14.8 Å². The van der Waals surface area contributed by atoms with Crippen molar-refractivity contribution in [3.8, 4) is 0 Å². The van der Waals surface area contributed by atoms with E-state index in [0.717, 1.165) is 8.78 Å². The van der Waals surface area contributed by atoms with Crippen LogP contribution in [0.25, 0.3) is 0 Å². The number of sulfonamides is 1. The van der Waals surface area contributed by atoms with Crippen LogP contribution in [0.2, 0.25) is 0 Å². The first kappa shape index (κ1) is 19.8. The van der Waals surface area contributed by atoms with Gasteiger partial charge < -0.3 is 4.42 Å². The fourth-order valence-electron chi connectivity index (χ4n) is 2.34. The molecule has 0 aliphatic rings. The Bertz CT molecular complexity index is 1050. The summed E-state index contributed by atoms with van der Waals surface area (Å²) in [6.07, 6.45) is 2.80. The third kappa shape index (κ3) is 4.87. The number of rotatable bonds is 7. The minimum atomic E-state index is -3.94. The highest BCUT2D eigenvalue weighted by molar-refractivity contribution is 9.10. The largest absolute Gasteiger partial charge is 0.463 e. The molecule has 0 unspecified atom stereocenters. The van der Waals surface area contributed by atoms with Crippen molar-refractivity contribution in [2.24, 2.45) is 5.10 Å². The smallest absolute Gasteiger partial charge is 0.264 e. The van der Waals surface area contributed by atoms with E-state index in [0.29, 0.717) is 11.4 Å². The highest BCUT2D eigenvalue weighted by Gasteiger charge is 2.27. The van der Waals surface area contributed by atoms with Crippen LogP contribution in [0, 0.1) is 0 Å². The van der Waals surface area contributed by atoms with Gasteiger partial charge in [-0.2, -0.15) is 5.10 Å². The summed E-state index contributed by atoms with van der Waals surface area (Å²) in [5.74, 6) is -0.132. The van der Waals surface area contributed by atoms with Crippen LogP contribution in [0.3, 0.4) is 0 Å². The zero-order chi connectivity index (χ0) is 20.0. The van der Waals surface area contributed by atoms with E-state index in [2.05, 4.69) is 26.5 Å². The predicted molar refractivity (Wildman–Crippen MR) is 110 cm³/mol. The Morgan fingerprint density at radius 1 is 1.07 bits per heavy atom. The van der Waals surface area contributed by atoms with Gasteiger partial charge in [0.05, 0.1) is 23.1 Å². The number of hydrogen-bond donors (Lipinski definition) is 1. The molecule has 0 aliphatic heterocycles. The van der Waals surface area contributed by atoms with Crippen molar-refractivity contribution in [3.63, 3.8) is 0 Å². The fourth-order valence-corrected chi connectivity index (χ4v) is 4.05. The number of furan rings is 1. The lowest BCUT2D eigenvalue weighted by Crippen LogP contribution is -2.39. The van der Waals surface area contributed by atoms with Crippen molar-refractivity contribution in [3.05, 3.63) is 83.2 Å². The molecule has 0 saturated heterocycles. The van der Waals surface area contributed by atoms with Crippen LogP contribution in [0.5, 0.6) is 0 Å². The van der Waals surface area contributed by atoms with Crippen molar-refractivity contribution in [2.75, 3.05) is 10.8 Å². The Kier molecular flexibility index (Phi) is 6.27. The van der Waals surface area contributed by atoms with Crippen LogP contribution in [-0.4, -0.2) is 27.1 Å². The van der Waals surface area contributed by atoms with Crippen molar-refractivity contribution >= 4 is 43.8 Å². The average molecular weight is 462 g/mol. The zero-order valence-corrected chi connectivity index (χ0v) is 16.9. The Morgan fingerprint density at radius 2 is 1.79 bits per heavy atom. The minimum Gasteiger partial charge on any atom is -0.463 e. The molecule has 3 aromatic rings. The van der Waals surface area contributed by atoms with Gasteiger partial charge in [-0.25, -0.2) is 13.8 Å². The molecule has 2 aromatic carbocycles. The third-order valence-corrected chi connectivity index (χ3v) is 5.97. The molecule has 1 amide bonds. The molecular weight excluding hydrogens is 446 g/mol. The number of hydrazone groups is 1. The minimum absolute atomic E-state index is 0.0878. The van der Waals surface area contributed by atoms with Crippen molar-refractivity contribution in [1.29, 1.82) is 0 Å². The van der Waals surface area contributed by atoms with E-state index in [4.69, 9.17) is 4.42 Å². The molecule has 0 bridgehead atoms. The average Bonchev–Trinajstić information content (AvgIpc) is 3.21. The first-order valence-corrected chi connectivity index (χ1v) is 10.4. The maximum Gasteiger partial charge on any atom is 0.264 e. The molecule has 1 heterocycles. The van der Waals surface area contributed by atoms with E-state index in [1.165, 1.54) is 24.6 Å². The van der Waals surface area contributed by atoms with Crippen LogP contribution < -0.4 is 9.73 Å². The molecule has 0 aliphatic carbocycles. The van der Waals surface area contributed by atoms with E-state index < -0.39 is 22.5 Å². The van der Waals surface area contributed by atoms with Gasteiger partial charge in [-0.05, 0) is 48.5 Å². The Labute approximate surface area is 170 Å². The highest BCUT2D eigenvalue weighted by Crippen LogP contribution is 2.25. The molecule has 0 atom stereocenters. The lowest BCUT2D eigenvalue weighted by atomic mass is 10.3. The van der Waals surface area contributed by atoms with Gasteiger partial charge in [0.2, 0.25) is 0 Å². The second-order valence-electron chi connectivity index (χ2n) is 5.61. The van der Waals surface area contributed by atoms with Gasteiger partial charge >= 0.3 is 0 Å². The van der Waals surface area contributed by atoms with Gasteiger partial charge in [-0.3, -0.25) is 9.10 Å². The molecule has 0 saturated carbocycles. The molecule has 1 N–H and O–H groups in total. The van der Waals surface area contributed by atoms with Gasteiger partial charge in [0, 0.05) is 4.47 Å². The van der Waals surface area contributed by atoms with Crippen molar-refractivity contribution in [2.45, 2.75) is 4.90 Å². The van der Waals surface area contributed by atoms with Crippen LogP contribution in [0.1, 0.15) is 5.76 Å². The topological polar surface area (TPSA) is 92.0 Å². The first-order valence-electron chi connectivity index (χ1n) is 8.15. The Morgan fingerprint density at radius 3 is 2.43 bits per heavy atom. The van der Waals surface area contributed by atoms with E-state index in [1.807, 2.05) is 0 Å². The molecule has 0 fully saturated rings. The maximum atomic E-state index is 13.1. The number of benzene rings is 2. The number of halogens is 1. The second-order valence-corrected chi connectivity index (χ2v) is 8.39. The molecule has 9 heteroatoms. The van der Waals surface area contributed by atoms with E-state index in [9.17, 15) is 13.2 Å². The number of hydrogen-bond acceptors (Lipinski definition) is 5.